The van der Waals surface area contributed by atoms with E-state index in [-0.39, 0.29) is 0 Å². The number of nitrogens with one attached hydrogen (secondary N) is 1. The summed E-state index contributed by atoms with van der Waals surface area (Å²) in [5.41, 5.74) is 1.27. The minimum absolute atomic E-state index is 0.493. The summed E-state index contributed by atoms with van der Waals surface area (Å²) in [6.45, 7) is 5.17. The van der Waals surface area contributed by atoms with E-state index in [1.165, 1.54) is 22.0 Å². The van der Waals surface area contributed by atoms with Gasteiger partial charge in [-0.1, -0.05) is 47.6 Å². The van der Waals surface area contributed by atoms with Gasteiger partial charge in [0, 0.05) is 22.0 Å². The number of nitrogens with zero attached hydrogens (tertiary/aromatic N) is 2. The highest BCUT2D eigenvalue weighted by Gasteiger charge is 2.05. The monoisotopic (exact) mass is 343 g/mol. The number of rotatable bonds is 5. The van der Waals surface area contributed by atoms with Crippen LogP contribution >= 0.6 is 39.2 Å². The predicted octanol–water partition coefficient (Wildman–Crippen LogP) is 3.95. The van der Waals surface area contributed by atoms with Crippen LogP contribution in [0.3, 0.4) is 0 Å². The number of aromatic nitrogens is 2. The maximum Gasteiger partial charge on any atom is 0.174 e. The van der Waals surface area contributed by atoms with Crippen LogP contribution in [-0.4, -0.2) is 15.4 Å². The Morgan fingerprint density at radius 2 is 2.28 bits per heavy atom. The van der Waals surface area contributed by atoms with E-state index in [4.69, 9.17) is 0 Å². The molecule has 0 aliphatic rings. The first-order valence-electron chi connectivity index (χ1n) is 5.61. The molecule has 1 aromatic heterocycles. The maximum atomic E-state index is 4.17. The summed E-state index contributed by atoms with van der Waals surface area (Å²) in [4.78, 5) is 5.34. The van der Waals surface area contributed by atoms with Crippen molar-refractivity contribution in [3.63, 3.8) is 0 Å². The molecule has 2 aromatic rings. The van der Waals surface area contributed by atoms with Crippen molar-refractivity contribution in [1.29, 1.82) is 0 Å². The lowest BCUT2D eigenvalue weighted by Gasteiger charge is -2.10. The topological polar surface area (TPSA) is 37.8 Å². The van der Waals surface area contributed by atoms with Crippen LogP contribution in [0.4, 0.5) is 0 Å². The minimum atomic E-state index is 0.493. The standard InChI is InChI=1S/C12H14BrN3S2/c1-8(2)14-6-9-3-4-10(5-11(9)13)17-12-15-7-16-18-12/h3-5,7-8,14H,6H2,1-2H3. The zero-order chi connectivity index (χ0) is 13.0. The van der Waals surface area contributed by atoms with Crippen LogP contribution in [0.15, 0.2) is 38.2 Å². The quantitative estimate of drug-likeness (QED) is 0.891. The molecule has 0 fully saturated rings. The Kier molecular flexibility index (Phi) is 5.17. The van der Waals surface area contributed by atoms with Crippen molar-refractivity contribution in [3.05, 3.63) is 34.6 Å². The van der Waals surface area contributed by atoms with E-state index >= 15 is 0 Å². The molecule has 0 saturated heterocycles. The first kappa shape index (κ1) is 14.0. The predicted molar refractivity (Wildman–Crippen MR) is 80.1 cm³/mol. The third kappa shape index (κ3) is 4.05. The second-order valence-corrected chi connectivity index (χ2v) is 7.05. The van der Waals surface area contributed by atoms with Crippen molar-refractivity contribution in [2.75, 3.05) is 0 Å². The van der Waals surface area contributed by atoms with Crippen LogP contribution in [0.1, 0.15) is 19.4 Å². The molecule has 96 valence electrons. The second kappa shape index (κ2) is 6.65. The van der Waals surface area contributed by atoms with E-state index in [0.29, 0.717) is 6.04 Å². The Morgan fingerprint density at radius 1 is 1.44 bits per heavy atom. The molecule has 0 spiro atoms. The van der Waals surface area contributed by atoms with Crippen LogP contribution in [0.2, 0.25) is 0 Å². The molecule has 6 heteroatoms. The minimum Gasteiger partial charge on any atom is -0.310 e. The fraction of sp³-hybridized carbons (Fsp3) is 0.333. The van der Waals surface area contributed by atoms with Gasteiger partial charge in [-0.3, -0.25) is 0 Å². The number of halogens is 1. The molecule has 0 aliphatic heterocycles. The molecular weight excluding hydrogens is 330 g/mol. The molecule has 0 bridgehead atoms. The Morgan fingerprint density at radius 3 is 2.89 bits per heavy atom. The average molecular weight is 344 g/mol. The summed E-state index contributed by atoms with van der Waals surface area (Å²) in [5.74, 6) is 0. The van der Waals surface area contributed by atoms with Gasteiger partial charge in [-0.15, -0.1) is 0 Å². The molecule has 1 aromatic carbocycles. The van der Waals surface area contributed by atoms with Gasteiger partial charge in [-0.05, 0) is 29.2 Å². The summed E-state index contributed by atoms with van der Waals surface area (Å²) >= 11 is 6.67. The van der Waals surface area contributed by atoms with Crippen LogP contribution in [0, 0.1) is 0 Å². The van der Waals surface area contributed by atoms with Gasteiger partial charge in [0.2, 0.25) is 0 Å². The molecular formula is C12H14BrN3S2. The summed E-state index contributed by atoms with van der Waals surface area (Å²) in [6, 6.07) is 6.88. The van der Waals surface area contributed by atoms with Gasteiger partial charge in [0.05, 0.1) is 0 Å². The van der Waals surface area contributed by atoms with Gasteiger partial charge in [-0.25, -0.2) is 4.98 Å². The van der Waals surface area contributed by atoms with Gasteiger partial charge in [0.1, 0.15) is 6.33 Å². The van der Waals surface area contributed by atoms with Gasteiger partial charge >= 0.3 is 0 Å². The number of benzene rings is 1. The fourth-order valence-electron chi connectivity index (χ4n) is 1.36. The van der Waals surface area contributed by atoms with E-state index in [9.17, 15) is 0 Å². The smallest absolute Gasteiger partial charge is 0.174 e. The second-order valence-electron chi connectivity index (χ2n) is 4.10. The Labute approximate surface area is 124 Å². The van der Waals surface area contributed by atoms with E-state index < -0.39 is 0 Å². The van der Waals surface area contributed by atoms with Crippen molar-refractivity contribution in [2.45, 2.75) is 35.7 Å². The lowest BCUT2D eigenvalue weighted by Crippen LogP contribution is -2.21. The highest BCUT2D eigenvalue weighted by molar-refractivity contribution is 9.10. The molecule has 0 saturated carbocycles. The third-order valence-electron chi connectivity index (χ3n) is 2.27. The van der Waals surface area contributed by atoms with Crippen LogP contribution < -0.4 is 5.32 Å². The molecule has 3 nitrogen and oxygen atoms in total. The number of hydrogen-bond acceptors (Lipinski definition) is 5. The largest absolute Gasteiger partial charge is 0.310 e. The Balaban J connectivity index is 2.05. The highest BCUT2D eigenvalue weighted by Crippen LogP contribution is 2.31. The molecule has 0 radical (unpaired) electrons. The molecule has 1 N–H and O–H groups in total. The fourth-order valence-corrected chi connectivity index (χ4v) is 3.49. The summed E-state index contributed by atoms with van der Waals surface area (Å²) in [6.07, 6.45) is 1.59. The van der Waals surface area contributed by atoms with Crippen molar-refractivity contribution in [2.24, 2.45) is 0 Å². The highest BCUT2D eigenvalue weighted by atomic mass is 79.9. The van der Waals surface area contributed by atoms with Crippen molar-refractivity contribution < 1.29 is 0 Å². The molecule has 2 rings (SSSR count). The molecule has 0 amide bonds. The molecule has 0 atom stereocenters. The van der Waals surface area contributed by atoms with Gasteiger partial charge in [0.25, 0.3) is 0 Å². The van der Waals surface area contributed by atoms with Gasteiger partial charge in [-0.2, -0.15) is 4.37 Å². The summed E-state index contributed by atoms with van der Waals surface area (Å²) in [5, 5.41) is 3.41. The Bertz CT molecular complexity index is 500. The summed E-state index contributed by atoms with van der Waals surface area (Å²) in [7, 11) is 0. The Hall–Kier alpha value is -0.430. The first-order valence-corrected chi connectivity index (χ1v) is 8.00. The first-order chi connectivity index (χ1) is 8.65. The van der Waals surface area contributed by atoms with Crippen molar-refractivity contribution in [3.8, 4) is 0 Å². The molecule has 0 aliphatic carbocycles. The number of hydrogen-bond donors (Lipinski definition) is 1. The van der Waals surface area contributed by atoms with E-state index in [2.05, 4.69) is 62.7 Å². The average Bonchev–Trinajstić information content (AvgIpc) is 2.80. The lowest BCUT2D eigenvalue weighted by molar-refractivity contribution is 0.587. The molecule has 18 heavy (non-hydrogen) atoms. The van der Waals surface area contributed by atoms with E-state index in [0.717, 1.165) is 15.4 Å². The zero-order valence-corrected chi connectivity index (χ0v) is 13.4. The summed E-state index contributed by atoms with van der Waals surface area (Å²) < 4.78 is 6.09. The van der Waals surface area contributed by atoms with E-state index in [1.54, 1.807) is 18.1 Å². The van der Waals surface area contributed by atoms with Gasteiger partial charge in [0.15, 0.2) is 4.34 Å². The van der Waals surface area contributed by atoms with Crippen LogP contribution in [0.25, 0.3) is 0 Å². The third-order valence-corrected chi connectivity index (χ3v) is 4.71. The zero-order valence-electron chi connectivity index (χ0n) is 10.2. The van der Waals surface area contributed by atoms with Crippen molar-refractivity contribution >= 4 is 39.2 Å². The van der Waals surface area contributed by atoms with E-state index in [1.807, 2.05) is 0 Å². The van der Waals surface area contributed by atoms with Gasteiger partial charge < -0.3 is 5.32 Å². The van der Waals surface area contributed by atoms with Crippen LogP contribution in [-0.2, 0) is 6.54 Å². The molecule has 1 heterocycles. The SMILES string of the molecule is CC(C)NCc1ccc(Sc2ncns2)cc1Br. The normalized spacial score (nSPS) is 11.1. The van der Waals surface area contributed by atoms with Crippen molar-refractivity contribution in [1.82, 2.24) is 14.7 Å². The molecule has 0 unspecified atom stereocenters. The van der Waals surface area contributed by atoms with Crippen LogP contribution in [0.5, 0.6) is 0 Å². The maximum absolute atomic E-state index is 4.17. The lowest BCUT2D eigenvalue weighted by atomic mass is 10.2.